The lowest BCUT2D eigenvalue weighted by Gasteiger charge is -2.21. The van der Waals surface area contributed by atoms with Gasteiger partial charge in [0.15, 0.2) is 0 Å². The first-order valence-corrected chi connectivity index (χ1v) is 12.2. The molecule has 1 fully saturated rings. The molecule has 1 aliphatic carbocycles. The molecule has 33 heavy (non-hydrogen) atoms. The quantitative estimate of drug-likeness (QED) is 0.213. The fourth-order valence-electron chi connectivity index (χ4n) is 3.89. The summed E-state index contributed by atoms with van der Waals surface area (Å²) in [5.74, 6) is 0.300. The average molecular weight is 494 g/mol. The van der Waals surface area contributed by atoms with Crippen molar-refractivity contribution in [3.05, 3.63) is 29.4 Å². The zero-order chi connectivity index (χ0) is 23.4. The number of hydrogen-bond donors (Lipinski definition) is 5. The summed E-state index contributed by atoms with van der Waals surface area (Å²) >= 11 is 8.09. The van der Waals surface area contributed by atoms with Gasteiger partial charge in [-0.1, -0.05) is 30.7 Å². The maximum absolute atomic E-state index is 10.5. The summed E-state index contributed by atoms with van der Waals surface area (Å²) in [4.78, 5) is 13.7. The third-order valence-corrected chi connectivity index (χ3v) is 6.94. The predicted molar refractivity (Wildman–Crippen MR) is 130 cm³/mol. The largest absolute Gasteiger partial charge is 0.396 e. The van der Waals surface area contributed by atoms with Gasteiger partial charge in [0, 0.05) is 25.7 Å². The fraction of sp³-hybridized carbons (Fsp3) is 0.500. The van der Waals surface area contributed by atoms with Crippen molar-refractivity contribution in [3.8, 4) is 10.6 Å². The van der Waals surface area contributed by atoms with E-state index in [1.807, 2.05) is 31.2 Å². The highest BCUT2D eigenvalue weighted by atomic mass is 35.5. The molecule has 0 saturated heterocycles. The minimum absolute atomic E-state index is 0.212. The zero-order valence-corrected chi connectivity index (χ0v) is 19.8. The second kappa shape index (κ2) is 10.9. The van der Waals surface area contributed by atoms with Crippen molar-refractivity contribution in [2.75, 3.05) is 37.0 Å². The second-order valence-corrected chi connectivity index (χ2v) is 9.39. The molecular weight excluding hydrogens is 466 g/mol. The van der Waals surface area contributed by atoms with Crippen LogP contribution in [0.4, 0.5) is 11.8 Å². The Hall–Kier alpha value is -2.08. The van der Waals surface area contributed by atoms with Crippen LogP contribution in [0, 0.1) is 5.92 Å². The lowest BCUT2D eigenvalue weighted by atomic mass is 10.1. The Morgan fingerprint density at radius 1 is 1.15 bits per heavy atom. The van der Waals surface area contributed by atoms with E-state index in [-0.39, 0.29) is 11.8 Å². The van der Waals surface area contributed by atoms with E-state index >= 15 is 0 Å². The molecule has 2 aromatic heterocycles. The monoisotopic (exact) mass is 493 g/mol. The van der Waals surface area contributed by atoms with Crippen molar-refractivity contribution in [2.24, 2.45) is 5.92 Å². The van der Waals surface area contributed by atoms with E-state index in [4.69, 9.17) is 21.3 Å². The number of anilines is 2. The predicted octanol–water partition coefficient (Wildman–Crippen LogP) is 2.76. The lowest BCUT2D eigenvalue weighted by molar-refractivity contribution is 0.00446. The van der Waals surface area contributed by atoms with E-state index < -0.39 is 24.2 Å². The van der Waals surface area contributed by atoms with Crippen LogP contribution in [0.2, 0.25) is 5.15 Å². The van der Waals surface area contributed by atoms with Gasteiger partial charge in [0.2, 0.25) is 5.95 Å². The molecule has 2 heterocycles. The molecule has 4 rings (SSSR count). The number of nitrogens with one attached hydrogen (secondary N) is 2. The first kappa shape index (κ1) is 24.1. The van der Waals surface area contributed by atoms with Crippen LogP contribution in [0.5, 0.6) is 0 Å². The summed E-state index contributed by atoms with van der Waals surface area (Å²) in [6.45, 7) is 3.53. The molecule has 0 amide bonds. The summed E-state index contributed by atoms with van der Waals surface area (Å²) in [6.07, 6.45) is -0.757. The number of thiazole rings is 1. The Labute approximate surface area is 200 Å². The number of benzene rings is 1. The molecule has 0 unspecified atom stereocenters. The Kier molecular flexibility index (Phi) is 7.94. The van der Waals surface area contributed by atoms with Crippen molar-refractivity contribution in [3.63, 3.8) is 0 Å². The first-order valence-electron chi connectivity index (χ1n) is 11.0. The number of rotatable bonds is 10. The van der Waals surface area contributed by atoms with Crippen LogP contribution >= 0.6 is 22.9 Å². The van der Waals surface area contributed by atoms with Crippen molar-refractivity contribution in [1.82, 2.24) is 15.0 Å². The Bertz CT molecular complexity index is 1050. The minimum atomic E-state index is -1.06. The molecule has 0 spiro atoms. The van der Waals surface area contributed by atoms with Gasteiger partial charge in [-0.25, -0.2) is 9.97 Å². The maximum Gasteiger partial charge on any atom is 0.226 e. The number of halogens is 1. The first-order chi connectivity index (χ1) is 16.0. The van der Waals surface area contributed by atoms with Gasteiger partial charge in [-0.05, 0) is 25.0 Å². The van der Waals surface area contributed by atoms with Crippen molar-refractivity contribution < 1.29 is 20.1 Å². The van der Waals surface area contributed by atoms with E-state index in [1.165, 1.54) is 11.3 Å². The molecule has 1 saturated carbocycles. The number of hydrogen-bond acceptors (Lipinski definition) is 10. The van der Waals surface area contributed by atoms with Gasteiger partial charge >= 0.3 is 0 Å². The van der Waals surface area contributed by atoms with E-state index in [9.17, 15) is 15.3 Å². The Morgan fingerprint density at radius 2 is 1.97 bits per heavy atom. The number of ether oxygens (including phenoxy) is 1. The van der Waals surface area contributed by atoms with Gasteiger partial charge in [-0.15, -0.1) is 11.3 Å². The molecule has 5 N–H and O–H groups in total. The highest BCUT2D eigenvalue weighted by Gasteiger charge is 2.41. The number of aliphatic hydroxyl groups excluding tert-OH is 3. The highest BCUT2D eigenvalue weighted by molar-refractivity contribution is 7.21. The van der Waals surface area contributed by atoms with Gasteiger partial charge in [0.05, 0.1) is 34.5 Å². The number of fused-ring (bicyclic) bond motifs is 1. The molecule has 0 bridgehead atoms. The Morgan fingerprint density at radius 3 is 2.70 bits per heavy atom. The van der Waals surface area contributed by atoms with Crippen LogP contribution < -0.4 is 10.6 Å². The number of aliphatic hydroxyl groups is 3. The lowest BCUT2D eigenvalue weighted by Crippen LogP contribution is -2.35. The zero-order valence-electron chi connectivity index (χ0n) is 18.2. The molecule has 0 radical (unpaired) electrons. The van der Waals surface area contributed by atoms with Crippen molar-refractivity contribution in [1.29, 1.82) is 0 Å². The summed E-state index contributed by atoms with van der Waals surface area (Å²) in [7, 11) is 0. The smallest absolute Gasteiger partial charge is 0.226 e. The summed E-state index contributed by atoms with van der Waals surface area (Å²) in [5.41, 5.74) is 1.37. The standard InChI is InChI=1S/C22H28ClN5O4S/c1-2-8-32-9-7-24-22-27-19(23)16(21-26-13-5-3-4-6-15(13)33-21)20(28-22)25-14-10-12(11-29)17(30)18(14)31/h3-6,12,14,17-18,29-31H,2,7-11H2,1H3,(H2,24,25,27,28)/t12-,14-,17-,18+/m1/s1. The van der Waals surface area contributed by atoms with Crippen LogP contribution in [0.3, 0.4) is 0 Å². The third-order valence-electron chi connectivity index (χ3n) is 5.61. The van der Waals surface area contributed by atoms with Gasteiger partial charge in [-0.3, -0.25) is 0 Å². The number of nitrogens with zero attached hydrogens (tertiary/aromatic N) is 3. The summed E-state index contributed by atoms with van der Waals surface area (Å²) in [6, 6.07) is 7.25. The molecular formula is C22H28ClN5O4S. The van der Waals surface area contributed by atoms with Gasteiger partial charge in [0.1, 0.15) is 22.1 Å². The second-order valence-electron chi connectivity index (χ2n) is 8.00. The van der Waals surface area contributed by atoms with Crippen LogP contribution in [0.1, 0.15) is 19.8 Å². The SMILES string of the molecule is CCCOCCNc1nc(Cl)c(-c2nc3ccccc3s2)c(N[C@@H]2C[C@H](CO)[C@@H](O)[C@H]2O)n1. The van der Waals surface area contributed by atoms with Gasteiger partial charge in [-0.2, -0.15) is 4.98 Å². The molecule has 4 atom stereocenters. The van der Waals surface area contributed by atoms with E-state index in [0.717, 1.165) is 16.6 Å². The molecule has 0 aliphatic heterocycles. The van der Waals surface area contributed by atoms with Crippen LogP contribution in [-0.2, 0) is 4.74 Å². The number of para-hydroxylation sites is 1. The van der Waals surface area contributed by atoms with E-state index in [2.05, 4.69) is 20.6 Å². The fourth-order valence-corrected chi connectivity index (χ4v) is 5.22. The third kappa shape index (κ3) is 5.37. The molecule has 3 aromatic rings. The normalized spacial score (nSPS) is 22.7. The molecule has 11 heteroatoms. The van der Waals surface area contributed by atoms with Crippen LogP contribution in [-0.4, -0.2) is 74.9 Å². The van der Waals surface area contributed by atoms with Gasteiger partial charge < -0.3 is 30.7 Å². The molecule has 1 aromatic carbocycles. The van der Waals surface area contributed by atoms with E-state index in [1.54, 1.807) is 0 Å². The molecule has 1 aliphatic rings. The minimum Gasteiger partial charge on any atom is -0.396 e. The highest BCUT2D eigenvalue weighted by Crippen LogP contribution is 2.39. The summed E-state index contributed by atoms with van der Waals surface area (Å²) in [5, 5.41) is 37.5. The Balaban J connectivity index is 1.65. The van der Waals surface area contributed by atoms with Gasteiger partial charge in [0.25, 0.3) is 0 Å². The van der Waals surface area contributed by atoms with Crippen molar-refractivity contribution >= 4 is 44.9 Å². The van der Waals surface area contributed by atoms with E-state index in [0.29, 0.717) is 48.5 Å². The maximum atomic E-state index is 10.5. The topological polar surface area (TPSA) is 133 Å². The van der Waals surface area contributed by atoms with Crippen LogP contribution in [0.15, 0.2) is 24.3 Å². The summed E-state index contributed by atoms with van der Waals surface area (Å²) < 4.78 is 6.49. The molecule has 9 nitrogen and oxygen atoms in total. The van der Waals surface area contributed by atoms with Crippen LogP contribution in [0.25, 0.3) is 20.8 Å². The number of aromatic nitrogens is 3. The molecule has 178 valence electrons. The van der Waals surface area contributed by atoms with Crippen molar-refractivity contribution in [2.45, 2.75) is 38.0 Å². The average Bonchev–Trinajstić information content (AvgIpc) is 3.34.